The summed E-state index contributed by atoms with van der Waals surface area (Å²) in [5.74, 6) is -0.369. The van der Waals surface area contributed by atoms with E-state index in [1.54, 1.807) is 12.3 Å². The summed E-state index contributed by atoms with van der Waals surface area (Å²) in [6, 6.07) is 5.35. The summed E-state index contributed by atoms with van der Waals surface area (Å²) in [6.45, 7) is 6.29. The standard InChI is InChI=1S/C20H23FN6O/c1-14(23-9-8-22-2)16-5-4-15-13-24-18(12-17(15)25-16)26-19(28)20(21)6-10-27(3)11-7-20/h4-5,8-9,12-13H,2,6-7,10-11H2,1,3H3,(H,24,26,28)/b9-8-,23-14?. The van der Waals surface area contributed by atoms with Gasteiger partial charge in [-0.05, 0) is 32.8 Å². The van der Waals surface area contributed by atoms with Gasteiger partial charge in [-0.15, -0.1) is 0 Å². The van der Waals surface area contributed by atoms with E-state index in [4.69, 9.17) is 0 Å². The highest BCUT2D eigenvalue weighted by Gasteiger charge is 2.41. The van der Waals surface area contributed by atoms with Gasteiger partial charge in [0.1, 0.15) is 5.82 Å². The zero-order valence-corrected chi connectivity index (χ0v) is 16.0. The average molecular weight is 382 g/mol. The monoisotopic (exact) mass is 382 g/mol. The Kier molecular flexibility index (Phi) is 5.89. The molecule has 146 valence electrons. The van der Waals surface area contributed by atoms with Crippen LogP contribution in [0.4, 0.5) is 10.2 Å². The van der Waals surface area contributed by atoms with Crippen molar-refractivity contribution in [2.45, 2.75) is 25.4 Å². The molecule has 0 radical (unpaired) electrons. The minimum Gasteiger partial charge on any atom is -0.308 e. The molecule has 0 spiro atoms. The number of fused-ring (bicyclic) bond motifs is 1. The molecule has 0 unspecified atom stereocenters. The summed E-state index contributed by atoms with van der Waals surface area (Å²) < 4.78 is 14.9. The van der Waals surface area contributed by atoms with Crippen molar-refractivity contribution in [1.82, 2.24) is 14.9 Å². The van der Waals surface area contributed by atoms with Gasteiger partial charge >= 0.3 is 0 Å². The van der Waals surface area contributed by atoms with Crippen LogP contribution in [0, 0.1) is 0 Å². The molecule has 2 aromatic rings. The predicted octanol–water partition coefficient (Wildman–Crippen LogP) is 2.98. The highest BCUT2D eigenvalue weighted by Crippen LogP contribution is 2.27. The Labute approximate surface area is 163 Å². The van der Waals surface area contributed by atoms with Crippen molar-refractivity contribution in [3.63, 3.8) is 0 Å². The minimum atomic E-state index is -1.87. The van der Waals surface area contributed by atoms with E-state index in [1.165, 1.54) is 12.4 Å². The van der Waals surface area contributed by atoms with Gasteiger partial charge in [0.25, 0.3) is 5.91 Å². The van der Waals surface area contributed by atoms with Crippen LogP contribution >= 0.6 is 0 Å². The number of anilines is 1. The second-order valence-corrected chi connectivity index (χ2v) is 6.88. The number of carbonyl (C=O) groups excluding carboxylic acids is 1. The predicted molar refractivity (Wildman–Crippen MR) is 110 cm³/mol. The Morgan fingerprint density at radius 2 is 2.11 bits per heavy atom. The third-order valence-electron chi connectivity index (χ3n) is 4.81. The van der Waals surface area contributed by atoms with Crippen LogP contribution in [-0.2, 0) is 4.79 Å². The lowest BCUT2D eigenvalue weighted by Crippen LogP contribution is -2.47. The Bertz CT molecular complexity index is 947. The lowest BCUT2D eigenvalue weighted by Gasteiger charge is -2.33. The molecule has 0 bridgehead atoms. The summed E-state index contributed by atoms with van der Waals surface area (Å²) in [6.07, 6.45) is 4.98. The fourth-order valence-electron chi connectivity index (χ4n) is 2.97. The first-order valence-electron chi connectivity index (χ1n) is 9.03. The number of piperidine rings is 1. The Balaban J connectivity index is 1.81. The molecule has 1 N–H and O–H groups in total. The average Bonchev–Trinajstić information content (AvgIpc) is 2.70. The molecule has 1 saturated heterocycles. The van der Waals surface area contributed by atoms with Crippen LogP contribution in [0.15, 0.2) is 46.8 Å². The minimum absolute atomic E-state index is 0.175. The highest BCUT2D eigenvalue weighted by molar-refractivity contribution is 6.00. The third kappa shape index (κ3) is 4.45. The Morgan fingerprint density at radius 3 is 2.82 bits per heavy atom. The summed E-state index contributed by atoms with van der Waals surface area (Å²) in [7, 11) is 1.92. The number of nitrogens with one attached hydrogen (secondary N) is 1. The first kappa shape index (κ1) is 19.8. The number of carbonyl (C=O) groups is 1. The number of nitrogens with zero attached hydrogens (tertiary/aromatic N) is 5. The summed E-state index contributed by atoms with van der Waals surface area (Å²) in [4.78, 5) is 31.1. The van der Waals surface area contributed by atoms with Crippen molar-refractivity contribution in [3.05, 3.63) is 42.5 Å². The van der Waals surface area contributed by atoms with Crippen LogP contribution in [0.3, 0.4) is 0 Å². The second-order valence-electron chi connectivity index (χ2n) is 6.88. The second kappa shape index (κ2) is 8.35. The molecule has 28 heavy (non-hydrogen) atoms. The van der Waals surface area contributed by atoms with Crippen LogP contribution in [0.25, 0.3) is 10.9 Å². The number of hydrogen-bond donors (Lipinski definition) is 1. The molecule has 8 heteroatoms. The van der Waals surface area contributed by atoms with Gasteiger partial charge in [0.2, 0.25) is 0 Å². The fraction of sp³-hybridized carbons (Fsp3) is 0.350. The van der Waals surface area contributed by atoms with Crippen molar-refractivity contribution in [1.29, 1.82) is 0 Å². The molecule has 3 heterocycles. The summed E-state index contributed by atoms with van der Waals surface area (Å²) >= 11 is 0. The van der Waals surface area contributed by atoms with E-state index in [0.29, 0.717) is 30.0 Å². The van der Waals surface area contributed by atoms with E-state index in [2.05, 4.69) is 32.0 Å². The SMILES string of the molecule is C=N/C=C\N=C(C)c1ccc2cnc(NC(=O)C3(F)CCN(C)CC3)cc2n1. The molecule has 1 aliphatic rings. The summed E-state index contributed by atoms with van der Waals surface area (Å²) in [5, 5.41) is 3.42. The molecule has 1 amide bonds. The first-order chi connectivity index (χ1) is 13.4. The van der Waals surface area contributed by atoms with Crippen molar-refractivity contribution >= 4 is 35.1 Å². The number of aliphatic imine (C=N–C) groups is 2. The van der Waals surface area contributed by atoms with Gasteiger partial charge < -0.3 is 10.2 Å². The molecule has 1 fully saturated rings. The molecule has 7 nitrogen and oxygen atoms in total. The maximum atomic E-state index is 14.9. The quantitative estimate of drug-likeness (QED) is 0.806. The normalized spacial score (nSPS) is 17.8. The van der Waals surface area contributed by atoms with Crippen molar-refractivity contribution in [2.24, 2.45) is 9.98 Å². The molecule has 2 aromatic heterocycles. The lowest BCUT2D eigenvalue weighted by atomic mass is 9.92. The van der Waals surface area contributed by atoms with Crippen LogP contribution in [0.5, 0.6) is 0 Å². The number of aromatic nitrogens is 2. The smallest absolute Gasteiger partial charge is 0.263 e. The van der Waals surface area contributed by atoms with Gasteiger partial charge in [0.15, 0.2) is 5.67 Å². The van der Waals surface area contributed by atoms with E-state index in [-0.39, 0.29) is 18.7 Å². The number of rotatable bonds is 5. The highest BCUT2D eigenvalue weighted by atomic mass is 19.1. The van der Waals surface area contributed by atoms with Gasteiger partial charge in [-0.1, -0.05) is 0 Å². The zero-order valence-electron chi connectivity index (χ0n) is 16.0. The van der Waals surface area contributed by atoms with Gasteiger partial charge in [-0.2, -0.15) is 0 Å². The maximum absolute atomic E-state index is 14.9. The van der Waals surface area contributed by atoms with Gasteiger partial charge in [0, 0.05) is 56.0 Å². The van der Waals surface area contributed by atoms with Crippen molar-refractivity contribution < 1.29 is 9.18 Å². The molecule has 0 aromatic carbocycles. The fourth-order valence-corrected chi connectivity index (χ4v) is 2.97. The molecular formula is C20H23FN6O. The van der Waals surface area contributed by atoms with Gasteiger partial charge in [-0.25, -0.2) is 14.4 Å². The topological polar surface area (TPSA) is 82.8 Å². The molecule has 0 aliphatic carbocycles. The third-order valence-corrected chi connectivity index (χ3v) is 4.81. The molecule has 3 rings (SSSR count). The largest absolute Gasteiger partial charge is 0.308 e. The number of hydrogen-bond acceptors (Lipinski definition) is 6. The maximum Gasteiger partial charge on any atom is 0.263 e. The molecule has 1 aliphatic heterocycles. The molecule has 0 atom stereocenters. The van der Waals surface area contributed by atoms with Crippen molar-refractivity contribution in [2.75, 3.05) is 25.5 Å². The van der Waals surface area contributed by atoms with Crippen LogP contribution in [0.2, 0.25) is 0 Å². The van der Waals surface area contributed by atoms with E-state index in [9.17, 15) is 9.18 Å². The number of likely N-dealkylation sites (tertiary alicyclic amines) is 1. The number of pyridine rings is 2. The number of amides is 1. The van der Waals surface area contributed by atoms with Gasteiger partial charge in [-0.3, -0.25) is 14.8 Å². The number of halogens is 1. The van der Waals surface area contributed by atoms with E-state index < -0.39 is 11.6 Å². The first-order valence-corrected chi connectivity index (χ1v) is 9.03. The Hall–Kier alpha value is -3.00. The molecular weight excluding hydrogens is 359 g/mol. The van der Waals surface area contributed by atoms with Gasteiger partial charge in [0.05, 0.1) is 16.9 Å². The Morgan fingerprint density at radius 1 is 1.36 bits per heavy atom. The summed E-state index contributed by atoms with van der Waals surface area (Å²) in [5.41, 5.74) is 0.160. The van der Waals surface area contributed by atoms with E-state index in [0.717, 1.165) is 5.39 Å². The van der Waals surface area contributed by atoms with Crippen LogP contribution in [0.1, 0.15) is 25.5 Å². The van der Waals surface area contributed by atoms with E-state index in [1.807, 2.05) is 31.0 Å². The van der Waals surface area contributed by atoms with Crippen LogP contribution < -0.4 is 5.32 Å². The van der Waals surface area contributed by atoms with Crippen LogP contribution in [-0.4, -0.2) is 59.0 Å². The lowest BCUT2D eigenvalue weighted by molar-refractivity contribution is -0.130. The zero-order chi connectivity index (χ0) is 20.1. The number of alkyl halides is 1. The van der Waals surface area contributed by atoms with E-state index >= 15 is 0 Å². The molecule has 0 saturated carbocycles. The van der Waals surface area contributed by atoms with Crippen molar-refractivity contribution in [3.8, 4) is 0 Å².